The third kappa shape index (κ3) is 0.477. The maximum atomic E-state index is 10.6. The van der Waals surface area contributed by atoms with Crippen LogP contribution in [0.3, 0.4) is 0 Å². The van der Waals surface area contributed by atoms with E-state index in [1.807, 2.05) is 0 Å². The highest BCUT2D eigenvalue weighted by Crippen LogP contribution is 2.84. The topological polar surface area (TPSA) is 20.2 Å². The van der Waals surface area contributed by atoms with Crippen molar-refractivity contribution in [1.29, 1.82) is 0 Å². The molecule has 0 radical (unpaired) electrons. The zero-order valence-corrected chi connectivity index (χ0v) is 7.42. The predicted molar refractivity (Wildman–Crippen MR) is 45.6 cm³/mol. The van der Waals surface area contributed by atoms with E-state index >= 15 is 0 Å². The molecule has 1 heteroatoms. The van der Waals surface area contributed by atoms with Gasteiger partial charge in [0.2, 0.25) is 0 Å². The molecule has 4 fully saturated rings. The van der Waals surface area contributed by atoms with E-state index in [0.29, 0.717) is 11.3 Å². The summed E-state index contributed by atoms with van der Waals surface area (Å²) >= 11 is 0. The fraction of sp³-hybridized carbons (Fsp3) is 1.00. The zero-order valence-electron chi connectivity index (χ0n) is 7.42. The Bertz CT molecular complexity index is 254. The average molecular weight is 164 g/mol. The van der Waals surface area contributed by atoms with Gasteiger partial charge in [-0.3, -0.25) is 0 Å². The molecule has 0 aromatic rings. The fourth-order valence-corrected chi connectivity index (χ4v) is 4.32. The first-order chi connectivity index (χ1) is 5.75. The maximum absolute atomic E-state index is 10.6. The largest absolute Gasteiger partial charge is 0.389 e. The monoisotopic (exact) mass is 164 g/mol. The van der Waals surface area contributed by atoms with Gasteiger partial charge >= 0.3 is 0 Å². The molecule has 0 aliphatic heterocycles. The molecule has 0 heterocycles. The van der Waals surface area contributed by atoms with E-state index in [0.717, 1.165) is 18.3 Å². The van der Waals surface area contributed by atoms with Crippen molar-refractivity contribution in [2.45, 2.75) is 44.1 Å². The molecule has 12 heavy (non-hydrogen) atoms. The summed E-state index contributed by atoms with van der Waals surface area (Å²) in [6, 6.07) is 0. The van der Waals surface area contributed by atoms with Crippen molar-refractivity contribution in [2.24, 2.45) is 23.2 Å². The van der Waals surface area contributed by atoms with Gasteiger partial charge < -0.3 is 5.11 Å². The number of rotatable bonds is 1. The summed E-state index contributed by atoms with van der Waals surface area (Å²) in [4.78, 5) is 0. The van der Waals surface area contributed by atoms with Gasteiger partial charge in [0, 0.05) is 5.41 Å². The van der Waals surface area contributed by atoms with Crippen LogP contribution in [0.15, 0.2) is 0 Å². The van der Waals surface area contributed by atoms with Gasteiger partial charge in [-0.2, -0.15) is 0 Å². The van der Waals surface area contributed by atoms with Crippen LogP contribution in [0.5, 0.6) is 0 Å². The Morgan fingerprint density at radius 3 is 2.17 bits per heavy atom. The van der Waals surface area contributed by atoms with E-state index in [1.165, 1.54) is 32.1 Å². The fourth-order valence-electron chi connectivity index (χ4n) is 4.32. The molecule has 4 saturated carbocycles. The second-order valence-corrected chi connectivity index (χ2v) is 5.77. The van der Waals surface area contributed by atoms with Crippen LogP contribution >= 0.6 is 0 Å². The Morgan fingerprint density at radius 1 is 1.00 bits per heavy atom. The van der Waals surface area contributed by atoms with Crippen LogP contribution < -0.4 is 0 Å². The molecule has 4 aliphatic carbocycles. The highest BCUT2D eigenvalue weighted by atomic mass is 16.3. The van der Waals surface area contributed by atoms with Crippen LogP contribution in [-0.2, 0) is 0 Å². The minimum atomic E-state index is -0.166. The third-order valence-electron chi connectivity index (χ3n) is 5.36. The minimum Gasteiger partial charge on any atom is -0.389 e. The van der Waals surface area contributed by atoms with Gasteiger partial charge in [0.1, 0.15) is 0 Å². The van der Waals surface area contributed by atoms with E-state index in [9.17, 15) is 5.11 Å². The molecule has 1 nitrogen and oxygen atoms in total. The highest BCUT2D eigenvalue weighted by Gasteiger charge is 2.81. The van der Waals surface area contributed by atoms with Gasteiger partial charge in [-0.05, 0) is 56.3 Å². The molecule has 1 N–H and O–H groups in total. The maximum Gasteiger partial charge on any atom is 0.0737 e. The van der Waals surface area contributed by atoms with Gasteiger partial charge in [-0.1, -0.05) is 0 Å². The Labute approximate surface area is 73.2 Å². The van der Waals surface area contributed by atoms with E-state index in [1.54, 1.807) is 0 Å². The summed E-state index contributed by atoms with van der Waals surface area (Å²) in [7, 11) is 0. The lowest BCUT2D eigenvalue weighted by molar-refractivity contribution is -0.0557. The van der Waals surface area contributed by atoms with Gasteiger partial charge in [0.15, 0.2) is 0 Å². The molecule has 0 aromatic heterocycles. The molecular weight excluding hydrogens is 148 g/mol. The first kappa shape index (κ1) is 6.42. The quantitative estimate of drug-likeness (QED) is 0.628. The molecule has 4 aliphatic rings. The number of aliphatic hydroxyl groups is 1. The normalized spacial score (nSPS) is 71.2. The van der Waals surface area contributed by atoms with E-state index in [4.69, 9.17) is 0 Å². The minimum absolute atomic E-state index is 0.166. The smallest absolute Gasteiger partial charge is 0.0737 e. The summed E-state index contributed by atoms with van der Waals surface area (Å²) in [5.41, 5.74) is 0.327. The molecule has 3 atom stereocenters. The Kier molecular flexibility index (Phi) is 0.800. The lowest BCUT2D eigenvalue weighted by Crippen LogP contribution is -2.40. The summed E-state index contributed by atoms with van der Waals surface area (Å²) in [6.45, 7) is 0. The summed E-state index contributed by atoms with van der Waals surface area (Å²) in [6.07, 6.45) is 7.99. The molecular formula is C11H16O. The Hall–Kier alpha value is -0.0400. The van der Waals surface area contributed by atoms with Gasteiger partial charge in [-0.25, -0.2) is 0 Å². The molecule has 0 aromatic carbocycles. The number of hydrogen-bond acceptors (Lipinski definition) is 1. The zero-order chi connectivity index (χ0) is 7.97. The first-order valence-electron chi connectivity index (χ1n) is 5.47. The van der Waals surface area contributed by atoms with Crippen molar-refractivity contribution in [1.82, 2.24) is 0 Å². The molecule has 4 rings (SSSR count). The standard InChI is InChI=1S/C11H16O/c12-11(10-5-9(10)6-10)4-7-1-2-8(11)3-7/h7-9,12H,1-6H2. The van der Waals surface area contributed by atoms with Crippen LogP contribution in [0.2, 0.25) is 0 Å². The second-order valence-electron chi connectivity index (χ2n) is 5.77. The highest BCUT2D eigenvalue weighted by molar-refractivity contribution is 5.30. The second kappa shape index (κ2) is 1.50. The summed E-state index contributed by atoms with van der Waals surface area (Å²) in [5, 5.41) is 10.6. The summed E-state index contributed by atoms with van der Waals surface area (Å²) < 4.78 is 0. The van der Waals surface area contributed by atoms with Crippen molar-refractivity contribution in [3.8, 4) is 0 Å². The van der Waals surface area contributed by atoms with Crippen molar-refractivity contribution in [3.05, 3.63) is 0 Å². The lowest BCUT2D eigenvalue weighted by atomic mass is 9.76. The van der Waals surface area contributed by atoms with E-state index < -0.39 is 0 Å². The van der Waals surface area contributed by atoms with Crippen LogP contribution in [0, 0.1) is 23.2 Å². The summed E-state index contributed by atoms with van der Waals surface area (Å²) in [5.74, 6) is 2.56. The molecule has 0 spiro atoms. The van der Waals surface area contributed by atoms with Crippen LogP contribution in [0.1, 0.15) is 38.5 Å². The van der Waals surface area contributed by atoms with Crippen molar-refractivity contribution in [3.63, 3.8) is 0 Å². The third-order valence-corrected chi connectivity index (χ3v) is 5.36. The average Bonchev–Trinajstić information content (AvgIpc) is 2.77. The van der Waals surface area contributed by atoms with Crippen LogP contribution in [0.25, 0.3) is 0 Å². The molecule has 2 bridgehead atoms. The van der Waals surface area contributed by atoms with E-state index in [-0.39, 0.29) is 5.60 Å². The molecule has 0 amide bonds. The Balaban J connectivity index is 1.74. The SMILES string of the molecule is OC1(C23CC2C3)CC2CCC1C2. The van der Waals surface area contributed by atoms with Crippen LogP contribution in [0.4, 0.5) is 0 Å². The Morgan fingerprint density at radius 2 is 1.75 bits per heavy atom. The number of hydrogen-bond donors (Lipinski definition) is 1. The van der Waals surface area contributed by atoms with Crippen molar-refractivity contribution < 1.29 is 5.11 Å². The first-order valence-corrected chi connectivity index (χ1v) is 5.47. The van der Waals surface area contributed by atoms with Gasteiger partial charge in [0.25, 0.3) is 0 Å². The van der Waals surface area contributed by atoms with Gasteiger partial charge in [-0.15, -0.1) is 0 Å². The number of fused-ring (bicyclic) bond motifs is 3. The molecule has 3 unspecified atom stereocenters. The molecule has 0 saturated heterocycles. The predicted octanol–water partition coefficient (Wildman–Crippen LogP) is 1.95. The van der Waals surface area contributed by atoms with Crippen molar-refractivity contribution >= 4 is 0 Å². The van der Waals surface area contributed by atoms with Crippen molar-refractivity contribution in [2.75, 3.05) is 0 Å². The van der Waals surface area contributed by atoms with Crippen LogP contribution in [-0.4, -0.2) is 10.7 Å². The molecule has 66 valence electrons. The van der Waals surface area contributed by atoms with Gasteiger partial charge in [0.05, 0.1) is 5.60 Å². The van der Waals surface area contributed by atoms with E-state index in [2.05, 4.69) is 0 Å². The lowest BCUT2D eigenvalue weighted by Gasteiger charge is -2.35.